The molecular weight excluding hydrogens is 244 g/mol. The first-order valence-electron chi connectivity index (χ1n) is 4.89. The summed E-state index contributed by atoms with van der Waals surface area (Å²) in [4.78, 5) is 22.8. The van der Waals surface area contributed by atoms with E-state index in [4.69, 9.17) is 16.0 Å². The normalized spacial score (nSPS) is 10.5. The molecule has 0 fully saturated rings. The smallest absolute Gasteiger partial charge is 0.313 e. The number of carbonyl (C=O) groups is 1. The molecule has 2 rings (SSSR count). The van der Waals surface area contributed by atoms with Gasteiger partial charge in [0, 0.05) is 11.1 Å². The fourth-order valence-electron chi connectivity index (χ4n) is 1.48. The average Bonchev–Trinajstić information content (AvgIpc) is 2.30. The Morgan fingerprint density at radius 1 is 1.41 bits per heavy atom. The van der Waals surface area contributed by atoms with Gasteiger partial charge in [0.1, 0.15) is 17.8 Å². The molecule has 0 radical (unpaired) electrons. The second kappa shape index (κ2) is 4.59. The summed E-state index contributed by atoms with van der Waals surface area (Å²) in [7, 11) is 1.28. The number of methoxy groups -OCH3 is 1. The highest BCUT2D eigenvalue weighted by molar-refractivity contribution is 6.31. The summed E-state index contributed by atoms with van der Waals surface area (Å²) >= 11 is 5.78. The number of esters is 1. The Bertz CT molecular complexity index is 630. The van der Waals surface area contributed by atoms with Crippen molar-refractivity contribution in [1.82, 2.24) is 0 Å². The zero-order chi connectivity index (χ0) is 12.4. The van der Waals surface area contributed by atoms with Crippen LogP contribution in [-0.2, 0) is 16.0 Å². The average molecular weight is 253 g/mol. The highest BCUT2D eigenvalue weighted by Gasteiger charge is 2.09. The van der Waals surface area contributed by atoms with Crippen LogP contribution in [0, 0.1) is 0 Å². The molecule has 2 aromatic rings. The molecule has 0 unspecified atom stereocenters. The highest BCUT2D eigenvalue weighted by atomic mass is 35.5. The van der Waals surface area contributed by atoms with Crippen LogP contribution in [0.5, 0.6) is 0 Å². The summed E-state index contributed by atoms with van der Waals surface area (Å²) in [6, 6.07) is 6.02. The fraction of sp³-hybridized carbons (Fsp3) is 0.167. The molecular formula is C12H9ClO4. The topological polar surface area (TPSA) is 56.5 Å². The Kier molecular flexibility index (Phi) is 3.15. The van der Waals surface area contributed by atoms with Gasteiger partial charge < -0.3 is 9.15 Å². The van der Waals surface area contributed by atoms with E-state index in [9.17, 15) is 9.59 Å². The molecule has 0 atom stereocenters. The van der Waals surface area contributed by atoms with Crippen molar-refractivity contribution in [3.8, 4) is 0 Å². The summed E-state index contributed by atoms with van der Waals surface area (Å²) in [6.07, 6.45) is -0.0652. The van der Waals surface area contributed by atoms with Crippen molar-refractivity contribution in [3.63, 3.8) is 0 Å². The molecule has 0 amide bonds. The zero-order valence-electron chi connectivity index (χ0n) is 9.03. The van der Waals surface area contributed by atoms with Gasteiger partial charge in [-0.2, -0.15) is 0 Å². The number of hydrogen-bond donors (Lipinski definition) is 0. The molecule has 1 aromatic carbocycles. The van der Waals surface area contributed by atoms with Gasteiger partial charge >= 0.3 is 5.97 Å². The van der Waals surface area contributed by atoms with E-state index >= 15 is 0 Å². The lowest BCUT2D eigenvalue weighted by Crippen LogP contribution is -2.08. The van der Waals surface area contributed by atoms with E-state index in [0.717, 1.165) is 0 Å². The van der Waals surface area contributed by atoms with E-state index in [1.54, 1.807) is 12.1 Å². The molecule has 0 aliphatic heterocycles. The third-order valence-electron chi connectivity index (χ3n) is 2.29. The largest absolute Gasteiger partial charge is 0.469 e. The third kappa shape index (κ3) is 2.47. The standard InChI is InChI=1S/C12H9ClO4/c1-16-12(15)6-8-5-10(14)9-4-7(13)2-3-11(9)17-8/h2-5H,6H2,1H3. The predicted octanol–water partition coefficient (Wildman–Crippen LogP) is 2.16. The quantitative estimate of drug-likeness (QED) is 0.769. The SMILES string of the molecule is COC(=O)Cc1cc(=O)c2cc(Cl)ccc2o1. The number of hydrogen-bond acceptors (Lipinski definition) is 4. The van der Waals surface area contributed by atoms with Crippen molar-refractivity contribution < 1.29 is 13.9 Å². The molecule has 0 saturated heterocycles. The Morgan fingerprint density at radius 3 is 2.88 bits per heavy atom. The Balaban J connectivity index is 2.52. The minimum atomic E-state index is -0.457. The maximum atomic E-state index is 11.8. The van der Waals surface area contributed by atoms with E-state index in [1.807, 2.05) is 0 Å². The molecule has 1 heterocycles. The van der Waals surface area contributed by atoms with Gasteiger partial charge in [0.15, 0.2) is 5.43 Å². The first-order valence-corrected chi connectivity index (χ1v) is 5.27. The van der Waals surface area contributed by atoms with Crippen LogP contribution in [0.15, 0.2) is 33.5 Å². The summed E-state index contributed by atoms with van der Waals surface area (Å²) < 4.78 is 9.91. The molecule has 4 nitrogen and oxygen atoms in total. The molecule has 0 aliphatic carbocycles. The van der Waals surface area contributed by atoms with Gasteiger partial charge in [-0.3, -0.25) is 9.59 Å². The number of fused-ring (bicyclic) bond motifs is 1. The lowest BCUT2D eigenvalue weighted by atomic mass is 10.2. The monoisotopic (exact) mass is 252 g/mol. The van der Waals surface area contributed by atoms with Gasteiger partial charge in [-0.1, -0.05) is 11.6 Å². The van der Waals surface area contributed by atoms with Crippen LogP contribution >= 0.6 is 11.6 Å². The van der Waals surface area contributed by atoms with Crippen molar-refractivity contribution >= 4 is 28.5 Å². The minimum Gasteiger partial charge on any atom is -0.469 e. The van der Waals surface area contributed by atoms with Crippen molar-refractivity contribution in [1.29, 1.82) is 0 Å². The van der Waals surface area contributed by atoms with E-state index < -0.39 is 5.97 Å². The van der Waals surface area contributed by atoms with Crippen LogP contribution in [0.2, 0.25) is 5.02 Å². The lowest BCUT2D eigenvalue weighted by Gasteiger charge is -2.02. The fourth-order valence-corrected chi connectivity index (χ4v) is 1.65. The van der Waals surface area contributed by atoms with E-state index in [2.05, 4.69) is 4.74 Å². The van der Waals surface area contributed by atoms with Crippen molar-refractivity contribution in [2.75, 3.05) is 7.11 Å². The number of carbonyl (C=O) groups excluding carboxylic acids is 1. The zero-order valence-corrected chi connectivity index (χ0v) is 9.78. The summed E-state index contributed by atoms with van der Waals surface area (Å²) in [5, 5.41) is 0.858. The van der Waals surface area contributed by atoms with E-state index in [1.165, 1.54) is 19.2 Å². The Labute approximate surface area is 102 Å². The van der Waals surface area contributed by atoms with Gasteiger partial charge in [0.05, 0.1) is 12.5 Å². The maximum absolute atomic E-state index is 11.8. The van der Waals surface area contributed by atoms with Crippen LogP contribution in [0.4, 0.5) is 0 Å². The Hall–Kier alpha value is -1.81. The van der Waals surface area contributed by atoms with Crippen LogP contribution in [0.3, 0.4) is 0 Å². The second-order valence-electron chi connectivity index (χ2n) is 3.47. The number of rotatable bonds is 2. The molecule has 5 heteroatoms. The number of halogens is 1. The summed E-state index contributed by atoms with van der Waals surface area (Å²) in [5.74, 6) is -0.182. The van der Waals surface area contributed by atoms with Crippen LogP contribution in [0.1, 0.15) is 5.76 Å². The minimum absolute atomic E-state index is 0.0652. The van der Waals surface area contributed by atoms with Crippen molar-refractivity contribution in [3.05, 3.63) is 45.3 Å². The van der Waals surface area contributed by atoms with Crippen LogP contribution in [-0.4, -0.2) is 13.1 Å². The van der Waals surface area contributed by atoms with Crippen LogP contribution in [0.25, 0.3) is 11.0 Å². The number of ether oxygens (including phenoxy) is 1. The molecule has 0 aliphatic rings. The van der Waals surface area contributed by atoms with Gasteiger partial charge in [-0.05, 0) is 18.2 Å². The van der Waals surface area contributed by atoms with Gasteiger partial charge in [-0.15, -0.1) is 0 Å². The lowest BCUT2D eigenvalue weighted by molar-refractivity contribution is -0.140. The third-order valence-corrected chi connectivity index (χ3v) is 2.52. The van der Waals surface area contributed by atoms with Gasteiger partial charge in [0.2, 0.25) is 0 Å². The molecule has 0 spiro atoms. The molecule has 1 aromatic heterocycles. The van der Waals surface area contributed by atoms with E-state index in [-0.39, 0.29) is 17.6 Å². The predicted molar refractivity (Wildman–Crippen MR) is 63.2 cm³/mol. The molecule has 0 saturated carbocycles. The maximum Gasteiger partial charge on any atom is 0.313 e. The first kappa shape index (κ1) is 11.7. The second-order valence-corrected chi connectivity index (χ2v) is 3.91. The van der Waals surface area contributed by atoms with Gasteiger partial charge in [0.25, 0.3) is 0 Å². The molecule has 88 valence electrons. The molecule has 0 bridgehead atoms. The summed E-state index contributed by atoms with van der Waals surface area (Å²) in [5.41, 5.74) is 0.174. The molecule has 0 N–H and O–H groups in total. The van der Waals surface area contributed by atoms with Gasteiger partial charge in [-0.25, -0.2) is 0 Å². The Morgan fingerprint density at radius 2 is 2.18 bits per heavy atom. The van der Waals surface area contributed by atoms with Crippen LogP contribution < -0.4 is 5.43 Å². The molecule has 17 heavy (non-hydrogen) atoms. The first-order chi connectivity index (χ1) is 8.10. The van der Waals surface area contributed by atoms with Crippen molar-refractivity contribution in [2.45, 2.75) is 6.42 Å². The van der Waals surface area contributed by atoms with Crippen molar-refractivity contribution in [2.24, 2.45) is 0 Å². The number of benzene rings is 1. The van der Waals surface area contributed by atoms with E-state index in [0.29, 0.717) is 16.0 Å². The highest BCUT2D eigenvalue weighted by Crippen LogP contribution is 2.17. The summed E-state index contributed by atoms with van der Waals surface area (Å²) in [6.45, 7) is 0.